The van der Waals surface area contributed by atoms with E-state index < -0.39 is 12.1 Å². The predicted molar refractivity (Wildman–Crippen MR) is 53.3 cm³/mol. The third-order valence-corrected chi connectivity index (χ3v) is 2.11. The molecule has 14 heavy (non-hydrogen) atoms. The minimum Gasteiger partial charge on any atom is -0.479 e. The summed E-state index contributed by atoms with van der Waals surface area (Å²) in [7, 11) is 1.32. The molecule has 76 valence electrons. The fourth-order valence-electron chi connectivity index (χ4n) is 1.09. The van der Waals surface area contributed by atoms with Gasteiger partial charge in [0, 0.05) is 7.11 Å². The zero-order valence-corrected chi connectivity index (χ0v) is 8.28. The van der Waals surface area contributed by atoms with Crippen LogP contribution >= 0.6 is 11.6 Å². The third-order valence-electron chi connectivity index (χ3n) is 1.79. The van der Waals surface area contributed by atoms with Crippen LogP contribution in [0.2, 0.25) is 5.02 Å². The van der Waals surface area contributed by atoms with Crippen molar-refractivity contribution >= 4 is 23.3 Å². The summed E-state index contributed by atoms with van der Waals surface area (Å²) in [6.45, 7) is 0. The van der Waals surface area contributed by atoms with E-state index in [1.54, 1.807) is 12.1 Å². The van der Waals surface area contributed by atoms with Gasteiger partial charge in [-0.25, -0.2) is 4.79 Å². The van der Waals surface area contributed by atoms with Gasteiger partial charge < -0.3 is 15.6 Å². The van der Waals surface area contributed by atoms with Gasteiger partial charge in [-0.15, -0.1) is 0 Å². The van der Waals surface area contributed by atoms with Gasteiger partial charge in [0.2, 0.25) is 0 Å². The molecule has 0 saturated heterocycles. The van der Waals surface area contributed by atoms with Gasteiger partial charge in [-0.1, -0.05) is 17.7 Å². The van der Waals surface area contributed by atoms with Crippen LogP contribution in [0.5, 0.6) is 0 Å². The molecule has 3 N–H and O–H groups in total. The van der Waals surface area contributed by atoms with E-state index in [2.05, 4.69) is 0 Å². The third kappa shape index (κ3) is 2.16. The SMILES string of the molecule is COC(C(=O)O)c1ccc(N)c(Cl)c1. The molecule has 0 heterocycles. The molecular formula is C9H10ClNO3. The lowest BCUT2D eigenvalue weighted by molar-refractivity contribution is -0.148. The Morgan fingerprint density at radius 3 is 2.71 bits per heavy atom. The fraction of sp³-hybridized carbons (Fsp3) is 0.222. The van der Waals surface area contributed by atoms with Crippen LogP contribution < -0.4 is 5.73 Å². The zero-order valence-electron chi connectivity index (χ0n) is 7.53. The second kappa shape index (κ2) is 4.30. The molecule has 1 atom stereocenters. The van der Waals surface area contributed by atoms with E-state index in [0.29, 0.717) is 16.3 Å². The van der Waals surface area contributed by atoms with Gasteiger partial charge in [0.25, 0.3) is 0 Å². The monoisotopic (exact) mass is 215 g/mol. The number of anilines is 1. The van der Waals surface area contributed by atoms with Crippen molar-refractivity contribution in [3.8, 4) is 0 Å². The van der Waals surface area contributed by atoms with Crippen molar-refractivity contribution in [2.24, 2.45) is 0 Å². The van der Waals surface area contributed by atoms with Gasteiger partial charge in [0.15, 0.2) is 6.10 Å². The highest BCUT2D eigenvalue weighted by molar-refractivity contribution is 6.33. The maximum atomic E-state index is 10.7. The van der Waals surface area contributed by atoms with Gasteiger partial charge in [0.05, 0.1) is 10.7 Å². The van der Waals surface area contributed by atoms with Crippen LogP contribution in [0.3, 0.4) is 0 Å². The maximum Gasteiger partial charge on any atom is 0.337 e. The van der Waals surface area contributed by atoms with E-state index >= 15 is 0 Å². The molecule has 0 radical (unpaired) electrons. The Hall–Kier alpha value is -1.26. The van der Waals surface area contributed by atoms with Crippen LogP contribution in [0.25, 0.3) is 0 Å². The lowest BCUT2D eigenvalue weighted by Gasteiger charge is -2.11. The summed E-state index contributed by atoms with van der Waals surface area (Å²) >= 11 is 5.75. The summed E-state index contributed by atoms with van der Waals surface area (Å²) in [5.74, 6) is -1.06. The molecule has 0 aliphatic rings. The molecular weight excluding hydrogens is 206 g/mol. The van der Waals surface area contributed by atoms with E-state index in [4.69, 9.17) is 27.2 Å². The molecule has 0 amide bonds. The second-order valence-electron chi connectivity index (χ2n) is 2.73. The predicted octanol–water partition coefficient (Wildman–Crippen LogP) is 1.69. The van der Waals surface area contributed by atoms with Crippen LogP contribution in [0, 0.1) is 0 Å². The number of rotatable bonds is 3. The number of aliphatic carboxylic acids is 1. The Bertz CT molecular complexity index is 354. The second-order valence-corrected chi connectivity index (χ2v) is 3.14. The van der Waals surface area contributed by atoms with Crippen molar-refractivity contribution in [1.29, 1.82) is 0 Å². The maximum absolute atomic E-state index is 10.7. The number of carboxylic acid groups (broad SMARTS) is 1. The number of nitrogens with two attached hydrogens (primary N) is 1. The molecule has 0 bridgehead atoms. The van der Waals surface area contributed by atoms with E-state index in [-0.39, 0.29) is 0 Å². The number of hydrogen-bond donors (Lipinski definition) is 2. The number of hydrogen-bond acceptors (Lipinski definition) is 3. The highest BCUT2D eigenvalue weighted by atomic mass is 35.5. The molecule has 0 spiro atoms. The summed E-state index contributed by atoms with van der Waals surface area (Å²) < 4.78 is 4.79. The lowest BCUT2D eigenvalue weighted by Crippen LogP contribution is -2.13. The Balaban J connectivity index is 3.06. The molecule has 1 unspecified atom stereocenters. The number of carbonyl (C=O) groups is 1. The Kier molecular flexibility index (Phi) is 3.33. The molecule has 1 aromatic rings. The standard InChI is InChI=1S/C9H10ClNO3/c1-14-8(9(12)13)5-2-3-7(11)6(10)4-5/h2-4,8H,11H2,1H3,(H,12,13). The Labute approximate surface area is 86.2 Å². The molecule has 0 aromatic heterocycles. The van der Waals surface area contributed by atoms with E-state index in [1.165, 1.54) is 13.2 Å². The quantitative estimate of drug-likeness (QED) is 0.753. The fourth-order valence-corrected chi connectivity index (χ4v) is 1.27. The van der Waals surface area contributed by atoms with Crippen LogP contribution in [-0.4, -0.2) is 18.2 Å². The number of nitrogen functional groups attached to an aromatic ring is 1. The molecule has 0 fully saturated rings. The molecule has 5 heteroatoms. The topological polar surface area (TPSA) is 72.5 Å². The van der Waals surface area contributed by atoms with E-state index in [9.17, 15) is 4.79 Å². The van der Waals surface area contributed by atoms with Crippen molar-refractivity contribution in [3.05, 3.63) is 28.8 Å². The van der Waals surface area contributed by atoms with Crippen LogP contribution in [0.15, 0.2) is 18.2 Å². The molecule has 1 rings (SSSR count). The van der Waals surface area contributed by atoms with Gasteiger partial charge in [0.1, 0.15) is 0 Å². The number of methoxy groups -OCH3 is 1. The van der Waals surface area contributed by atoms with Crippen molar-refractivity contribution < 1.29 is 14.6 Å². The minimum absolute atomic E-state index is 0.325. The van der Waals surface area contributed by atoms with Crippen LogP contribution in [-0.2, 0) is 9.53 Å². The first-order valence-corrected chi connectivity index (χ1v) is 4.24. The number of ether oxygens (including phenoxy) is 1. The first kappa shape index (κ1) is 10.8. The summed E-state index contributed by atoms with van der Waals surface area (Å²) in [5.41, 5.74) is 6.37. The average molecular weight is 216 g/mol. The van der Waals surface area contributed by atoms with Crippen molar-refractivity contribution in [3.63, 3.8) is 0 Å². The summed E-state index contributed by atoms with van der Waals surface area (Å²) in [6.07, 6.45) is -1.01. The average Bonchev–Trinajstić information content (AvgIpc) is 2.11. The smallest absolute Gasteiger partial charge is 0.337 e. The van der Waals surface area contributed by atoms with Gasteiger partial charge in [-0.05, 0) is 17.7 Å². The lowest BCUT2D eigenvalue weighted by atomic mass is 10.1. The first-order chi connectivity index (χ1) is 6.56. The molecule has 0 saturated carbocycles. The number of carboxylic acids is 1. The summed E-state index contributed by atoms with van der Waals surface area (Å²) in [4.78, 5) is 10.7. The number of halogens is 1. The van der Waals surface area contributed by atoms with E-state index in [0.717, 1.165) is 0 Å². The summed E-state index contributed by atoms with van der Waals surface area (Å²) in [5, 5.41) is 9.11. The molecule has 4 nitrogen and oxygen atoms in total. The summed E-state index contributed by atoms with van der Waals surface area (Å²) in [6, 6.07) is 4.61. The highest BCUT2D eigenvalue weighted by Crippen LogP contribution is 2.25. The van der Waals surface area contributed by atoms with E-state index in [1.807, 2.05) is 0 Å². The van der Waals surface area contributed by atoms with Crippen molar-refractivity contribution in [2.75, 3.05) is 12.8 Å². The first-order valence-electron chi connectivity index (χ1n) is 3.86. The Morgan fingerprint density at radius 2 is 2.29 bits per heavy atom. The minimum atomic E-state index is -1.06. The molecule has 1 aromatic carbocycles. The van der Waals surface area contributed by atoms with Gasteiger partial charge in [-0.2, -0.15) is 0 Å². The highest BCUT2D eigenvalue weighted by Gasteiger charge is 2.19. The van der Waals surface area contributed by atoms with Gasteiger partial charge in [-0.3, -0.25) is 0 Å². The van der Waals surface area contributed by atoms with Crippen molar-refractivity contribution in [1.82, 2.24) is 0 Å². The Morgan fingerprint density at radius 1 is 1.64 bits per heavy atom. The van der Waals surface area contributed by atoms with Crippen LogP contribution in [0.1, 0.15) is 11.7 Å². The van der Waals surface area contributed by atoms with Crippen molar-refractivity contribution in [2.45, 2.75) is 6.10 Å². The number of benzene rings is 1. The van der Waals surface area contributed by atoms with Gasteiger partial charge >= 0.3 is 5.97 Å². The normalized spacial score (nSPS) is 12.4. The molecule has 0 aliphatic heterocycles. The zero-order chi connectivity index (χ0) is 10.7. The molecule has 0 aliphatic carbocycles. The largest absolute Gasteiger partial charge is 0.479 e. The van der Waals surface area contributed by atoms with Crippen LogP contribution in [0.4, 0.5) is 5.69 Å².